The van der Waals surface area contributed by atoms with Crippen molar-refractivity contribution < 1.29 is 14.3 Å². The lowest BCUT2D eigenvalue weighted by atomic mass is 10.0. The van der Waals surface area contributed by atoms with Gasteiger partial charge in [0.25, 0.3) is 0 Å². The van der Waals surface area contributed by atoms with Crippen molar-refractivity contribution in [1.29, 1.82) is 0 Å². The Morgan fingerprint density at radius 2 is 1.32 bits per heavy atom. The molecule has 2 rings (SSSR count). The largest absolute Gasteiger partial charge is 0.462 e. The van der Waals surface area contributed by atoms with Gasteiger partial charge in [0.15, 0.2) is 0 Å². The van der Waals surface area contributed by atoms with Crippen LogP contribution in [0, 0.1) is 0 Å². The Hall–Kier alpha value is -1.35. The predicted molar refractivity (Wildman–Crippen MR) is 116 cm³/mol. The first kappa shape index (κ1) is 22.9. The quantitative estimate of drug-likeness (QED) is 0.162. The third-order valence-electron chi connectivity index (χ3n) is 5.66. The number of hydrogen-bond donors (Lipinski definition) is 0. The Labute approximate surface area is 172 Å². The molecule has 0 saturated carbocycles. The molecule has 1 aromatic rings. The van der Waals surface area contributed by atoms with Crippen molar-refractivity contribution in [2.75, 3.05) is 6.61 Å². The van der Waals surface area contributed by atoms with Crippen LogP contribution in [0.3, 0.4) is 0 Å². The summed E-state index contributed by atoms with van der Waals surface area (Å²) in [5, 5.41) is 0. The molecule has 0 spiro atoms. The molecule has 158 valence electrons. The first-order valence-electron chi connectivity index (χ1n) is 11.7. The van der Waals surface area contributed by atoms with Gasteiger partial charge in [0, 0.05) is 0 Å². The third kappa shape index (κ3) is 10.3. The molecule has 0 aromatic heterocycles. The van der Waals surface area contributed by atoms with Crippen molar-refractivity contribution in [3.63, 3.8) is 0 Å². The van der Waals surface area contributed by atoms with Gasteiger partial charge in [-0.05, 0) is 37.8 Å². The van der Waals surface area contributed by atoms with Crippen LogP contribution in [-0.4, -0.2) is 24.8 Å². The molecule has 1 aliphatic heterocycles. The molecule has 1 heterocycles. The van der Waals surface area contributed by atoms with E-state index < -0.39 is 0 Å². The van der Waals surface area contributed by atoms with Gasteiger partial charge in [-0.2, -0.15) is 0 Å². The summed E-state index contributed by atoms with van der Waals surface area (Å²) >= 11 is 0. The van der Waals surface area contributed by atoms with Crippen molar-refractivity contribution in [2.45, 2.75) is 109 Å². The first-order valence-corrected chi connectivity index (χ1v) is 11.7. The first-order chi connectivity index (χ1) is 13.8. The number of hydrogen-bond acceptors (Lipinski definition) is 3. The Morgan fingerprint density at radius 3 is 1.93 bits per heavy atom. The summed E-state index contributed by atoms with van der Waals surface area (Å²) in [5.74, 6) is -0.216. The van der Waals surface area contributed by atoms with Gasteiger partial charge in [0.1, 0.15) is 0 Å². The van der Waals surface area contributed by atoms with Gasteiger partial charge >= 0.3 is 5.97 Å². The molecule has 28 heavy (non-hydrogen) atoms. The lowest BCUT2D eigenvalue weighted by Crippen LogP contribution is -2.06. The molecule has 1 aromatic carbocycles. The van der Waals surface area contributed by atoms with E-state index in [-0.39, 0.29) is 5.97 Å². The van der Waals surface area contributed by atoms with E-state index in [9.17, 15) is 4.79 Å². The van der Waals surface area contributed by atoms with Crippen LogP contribution in [0.5, 0.6) is 0 Å². The van der Waals surface area contributed by atoms with Gasteiger partial charge in [0.2, 0.25) is 0 Å². The Kier molecular flexibility index (Phi) is 12.0. The van der Waals surface area contributed by atoms with E-state index in [1.54, 1.807) is 12.1 Å². The van der Waals surface area contributed by atoms with Crippen LogP contribution in [0.2, 0.25) is 0 Å². The van der Waals surface area contributed by atoms with Crippen molar-refractivity contribution in [1.82, 2.24) is 0 Å². The Bertz CT molecular complexity index is 514. The molecule has 3 heteroatoms. The summed E-state index contributed by atoms with van der Waals surface area (Å²) in [4.78, 5) is 11.8. The number of carbonyl (C=O) groups excluding carboxylic acids is 1. The molecule has 3 nitrogen and oxygen atoms in total. The lowest BCUT2D eigenvalue weighted by molar-refractivity contribution is 0.0497. The van der Waals surface area contributed by atoms with Gasteiger partial charge in [-0.15, -0.1) is 0 Å². The highest BCUT2D eigenvalue weighted by Crippen LogP contribution is 2.31. The summed E-state index contributed by atoms with van der Waals surface area (Å²) in [7, 11) is 0. The van der Waals surface area contributed by atoms with E-state index in [1.807, 2.05) is 18.2 Å². The van der Waals surface area contributed by atoms with Crippen LogP contribution >= 0.6 is 0 Å². The molecule has 1 saturated heterocycles. The maximum atomic E-state index is 11.8. The number of esters is 1. The lowest BCUT2D eigenvalue weighted by Gasteiger charge is -2.04. The molecule has 1 fully saturated rings. The number of rotatable bonds is 17. The smallest absolute Gasteiger partial charge is 0.338 e. The average Bonchev–Trinajstić information content (AvgIpc) is 3.48. The predicted octanol–water partition coefficient (Wildman–Crippen LogP) is 7.09. The normalized spacial score (nSPS) is 18.2. The summed E-state index contributed by atoms with van der Waals surface area (Å²) in [5.41, 5.74) is 0.633. The van der Waals surface area contributed by atoms with E-state index in [0.29, 0.717) is 24.4 Å². The zero-order valence-electron chi connectivity index (χ0n) is 17.9. The standard InChI is InChI=1S/C25H40O3/c1-2-3-4-5-6-7-8-9-14-19-23-24(28-23)20-15-11-16-21-27-25(26)22-17-12-10-13-18-22/h10,12-13,17-18,23-24H,2-9,11,14-16,19-21H2,1H3. The second kappa shape index (κ2) is 14.6. The molecule has 2 unspecified atom stereocenters. The van der Waals surface area contributed by atoms with Crippen LogP contribution in [0.4, 0.5) is 0 Å². The number of unbranched alkanes of at least 4 members (excludes halogenated alkanes) is 10. The van der Waals surface area contributed by atoms with Gasteiger partial charge < -0.3 is 9.47 Å². The van der Waals surface area contributed by atoms with Gasteiger partial charge in [-0.3, -0.25) is 0 Å². The van der Waals surface area contributed by atoms with Crippen molar-refractivity contribution in [3.8, 4) is 0 Å². The highest BCUT2D eigenvalue weighted by atomic mass is 16.6. The number of carbonyl (C=O) groups is 1. The zero-order valence-corrected chi connectivity index (χ0v) is 17.9. The molecular formula is C25H40O3. The van der Waals surface area contributed by atoms with Crippen molar-refractivity contribution in [3.05, 3.63) is 35.9 Å². The molecule has 1 aliphatic rings. The van der Waals surface area contributed by atoms with Gasteiger partial charge in [-0.25, -0.2) is 4.79 Å². The SMILES string of the molecule is CCCCCCCCCCCC1OC1CCCCCOC(=O)c1ccccc1. The molecule has 2 atom stereocenters. The van der Waals surface area contributed by atoms with Crippen LogP contribution in [-0.2, 0) is 9.47 Å². The summed E-state index contributed by atoms with van der Waals surface area (Å²) < 4.78 is 11.1. The average molecular weight is 389 g/mol. The molecular weight excluding hydrogens is 348 g/mol. The Morgan fingerprint density at radius 1 is 0.786 bits per heavy atom. The van der Waals surface area contributed by atoms with E-state index in [0.717, 1.165) is 19.3 Å². The molecule has 0 radical (unpaired) electrons. The van der Waals surface area contributed by atoms with Gasteiger partial charge in [-0.1, -0.05) is 89.3 Å². The fraction of sp³-hybridized carbons (Fsp3) is 0.720. The fourth-order valence-electron chi connectivity index (χ4n) is 3.79. The van der Waals surface area contributed by atoms with Gasteiger partial charge in [0.05, 0.1) is 24.4 Å². The monoisotopic (exact) mass is 388 g/mol. The van der Waals surface area contributed by atoms with Crippen LogP contribution in [0.25, 0.3) is 0 Å². The number of ether oxygens (including phenoxy) is 2. The third-order valence-corrected chi connectivity index (χ3v) is 5.66. The molecule has 0 amide bonds. The minimum atomic E-state index is -0.216. The summed E-state index contributed by atoms with van der Waals surface area (Å²) in [6.07, 6.45) is 19.1. The minimum absolute atomic E-state index is 0.216. The van der Waals surface area contributed by atoms with E-state index in [1.165, 1.54) is 70.6 Å². The van der Waals surface area contributed by atoms with Crippen molar-refractivity contribution in [2.24, 2.45) is 0 Å². The number of benzene rings is 1. The topological polar surface area (TPSA) is 38.8 Å². The van der Waals surface area contributed by atoms with E-state index in [4.69, 9.17) is 9.47 Å². The highest BCUT2D eigenvalue weighted by molar-refractivity contribution is 5.89. The second-order valence-corrected chi connectivity index (χ2v) is 8.18. The molecule has 0 bridgehead atoms. The zero-order chi connectivity index (χ0) is 19.9. The fourth-order valence-corrected chi connectivity index (χ4v) is 3.79. The molecule has 0 aliphatic carbocycles. The maximum absolute atomic E-state index is 11.8. The van der Waals surface area contributed by atoms with E-state index in [2.05, 4.69) is 6.92 Å². The second-order valence-electron chi connectivity index (χ2n) is 8.18. The van der Waals surface area contributed by atoms with Crippen LogP contribution < -0.4 is 0 Å². The van der Waals surface area contributed by atoms with E-state index >= 15 is 0 Å². The van der Waals surface area contributed by atoms with Crippen molar-refractivity contribution >= 4 is 5.97 Å². The summed E-state index contributed by atoms with van der Waals surface area (Å²) in [6.45, 7) is 2.79. The highest BCUT2D eigenvalue weighted by Gasteiger charge is 2.36. The molecule has 0 N–H and O–H groups in total. The number of epoxide rings is 1. The summed E-state index contributed by atoms with van der Waals surface area (Å²) in [6, 6.07) is 9.20. The Balaban J connectivity index is 1.33. The minimum Gasteiger partial charge on any atom is -0.462 e. The van der Waals surface area contributed by atoms with Crippen LogP contribution in [0.15, 0.2) is 30.3 Å². The van der Waals surface area contributed by atoms with Crippen LogP contribution in [0.1, 0.15) is 107 Å². The maximum Gasteiger partial charge on any atom is 0.338 e.